The van der Waals surface area contributed by atoms with E-state index in [4.69, 9.17) is 4.74 Å². The predicted octanol–water partition coefficient (Wildman–Crippen LogP) is 2.44. The Hall–Kier alpha value is -1.06. The first-order chi connectivity index (χ1) is 9.15. The van der Waals surface area contributed by atoms with Crippen LogP contribution < -0.4 is 10.1 Å². The van der Waals surface area contributed by atoms with E-state index in [-0.39, 0.29) is 0 Å². The van der Waals surface area contributed by atoms with Gasteiger partial charge >= 0.3 is 0 Å². The summed E-state index contributed by atoms with van der Waals surface area (Å²) in [7, 11) is 2.23. The molecule has 3 nitrogen and oxygen atoms in total. The van der Waals surface area contributed by atoms with Crippen LogP contribution >= 0.6 is 0 Å². The van der Waals surface area contributed by atoms with Gasteiger partial charge in [-0.25, -0.2) is 0 Å². The lowest BCUT2D eigenvalue weighted by Gasteiger charge is -2.41. The maximum absolute atomic E-state index is 5.76. The van der Waals surface area contributed by atoms with Crippen LogP contribution in [-0.4, -0.2) is 37.2 Å². The normalized spacial score (nSPS) is 34.9. The number of benzene rings is 1. The smallest absolute Gasteiger partial charge is 0.124 e. The Bertz CT molecular complexity index is 448. The highest BCUT2D eigenvalue weighted by atomic mass is 16.5. The molecule has 0 radical (unpaired) electrons. The van der Waals surface area contributed by atoms with Crippen LogP contribution in [0, 0.1) is 5.92 Å². The molecule has 1 aromatic carbocycles. The molecule has 4 unspecified atom stereocenters. The average molecular weight is 260 g/mol. The van der Waals surface area contributed by atoms with Crippen molar-refractivity contribution in [3.05, 3.63) is 29.8 Å². The van der Waals surface area contributed by atoms with Crippen molar-refractivity contribution >= 4 is 0 Å². The number of rotatable bonds is 2. The van der Waals surface area contributed by atoms with Gasteiger partial charge in [-0.15, -0.1) is 0 Å². The van der Waals surface area contributed by atoms with E-state index >= 15 is 0 Å². The van der Waals surface area contributed by atoms with Crippen LogP contribution in [0.15, 0.2) is 24.3 Å². The largest absolute Gasteiger partial charge is 0.491 e. The molecule has 1 saturated heterocycles. The van der Waals surface area contributed by atoms with Crippen molar-refractivity contribution in [2.24, 2.45) is 5.92 Å². The van der Waals surface area contributed by atoms with E-state index in [0.29, 0.717) is 24.0 Å². The van der Waals surface area contributed by atoms with Crippen molar-refractivity contribution < 1.29 is 4.74 Å². The summed E-state index contributed by atoms with van der Waals surface area (Å²) in [6.45, 7) is 6.61. The monoisotopic (exact) mass is 260 g/mol. The molecule has 3 heteroatoms. The van der Waals surface area contributed by atoms with Crippen molar-refractivity contribution in [2.45, 2.75) is 38.4 Å². The summed E-state index contributed by atoms with van der Waals surface area (Å²) < 4.78 is 5.76. The molecular weight excluding hydrogens is 236 g/mol. The van der Waals surface area contributed by atoms with Crippen LogP contribution in [-0.2, 0) is 0 Å². The van der Waals surface area contributed by atoms with Crippen LogP contribution in [0.2, 0.25) is 0 Å². The molecule has 4 atom stereocenters. The third-order valence-corrected chi connectivity index (χ3v) is 4.73. The second-order valence-electron chi connectivity index (χ2n) is 6.18. The Morgan fingerprint density at radius 1 is 1.26 bits per heavy atom. The van der Waals surface area contributed by atoms with Gasteiger partial charge in [-0.3, -0.25) is 0 Å². The molecule has 0 saturated carbocycles. The minimum absolute atomic E-state index is 0.360. The molecule has 0 bridgehead atoms. The summed E-state index contributed by atoms with van der Waals surface area (Å²) >= 11 is 0. The Morgan fingerprint density at radius 3 is 2.89 bits per heavy atom. The van der Waals surface area contributed by atoms with Gasteiger partial charge in [-0.2, -0.15) is 0 Å². The van der Waals surface area contributed by atoms with Crippen LogP contribution in [0.5, 0.6) is 5.75 Å². The van der Waals surface area contributed by atoms with E-state index in [0.717, 1.165) is 12.4 Å². The zero-order chi connectivity index (χ0) is 13.4. The topological polar surface area (TPSA) is 24.5 Å². The summed E-state index contributed by atoms with van der Waals surface area (Å²) in [5.74, 6) is 1.74. The van der Waals surface area contributed by atoms with Gasteiger partial charge in [0.25, 0.3) is 0 Å². The van der Waals surface area contributed by atoms with Crippen LogP contribution in [0.25, 0.3) is 0 Å². The van der Waals surface area contributed by atoms with Crippen molar-refractivity contribution in [3.63, 3.8) is 0 Å². The van der Waals surface area contributed by atoms with Gasteiger partial charge < -0.3 is 15.0 Å². The van der Waals surface area contributed by atoms with E-state index in [1.54, 1.807) is 0 Å². The summed E-state index contributed by atoms with van der Waals surface area (Å²) in [4.78, 5) is 2.46. The lowest BCUT2D eigenvalue weighted by atomic mass is 9.89. The fraction of sp³-hybridized carbons (Fsp3) is 0.625. The third-order valence-electron chi connectivity index (χ3n) is 4.73. The number of hydrogen-bond donors (Lipinski definition) is 1. The molecule has 1 N–H and O–H groups in total. The summed E-state index contributed by atoms with van der Waals surface area (Å²) in [5, 5.41) is 3.82. The van der Waals surface area contributed by atoms with Crippen molar-refractivity contribution in [1.82, 2.24) is 10.2 Å². The minimum Gasteiger partial charge on any atom is -0.491 e. The molecule has 1 fully saturated rings. The number of likely N-dealkylation sites (tertiary alicyclic amines) is 1. The second kappa shape index (κ2) is 5.14. The first-order valence-corrected chi connectivity index (χ1v) is 7.33. The first-order valence-electron chi connectivity index (χ1n) is 7.33. The highest BCUT2D eigenvalue weighted by molar-refractivity contribution is 5.39. The van der Waals surface area contributed by atoms with Gasteiger partial charge in [-0.1, -0.05) is 25.1 Å². The molecule has 2 heterocycles. The maximum atomic E-state index is 5.76. The van der Waals surface area contributed by atoms with Crippen molar-refractivity contribution in [1.29, 1.82) is 0 Å². The second-order valence-corrected chi connectivity index (χ2v) is 6.18. The molecule has 3 rings (SSSR count). The third kappa shape index (κ3) is 2.49. The molecule has 0 aliphatic carbocycles. The summed E-state index contributed by atoms with van der Waals surface area (Å²) in [5.41, 5.74) is 1.32. The zero-order valence-electron chi connectivity index (χ0n) is 12.1. The fourth-order valence-electron chi connectivity index (χ4n) is 3.33. The Morgan fingerprint density at radius 2 is 2.05 bits per heavy atom. The number of nitrogens with one attached hydrogen (secondary N) is 1. The molecule has 104 valence electrons. The lowest BCUT2D eigenvalue weighted by Crippen LogP contribution is -2.51. The first kappa shape index (κ1) is 12.9. The highest BCUT2D eigenvalue weighted by Gasteiger charge is 2.32. The summed E-state index contributed by atoms with van der Waals surface area (Å²) in [6.07, 6.45) is 1.22. The van der Waals surface area contributed by atoms with E-state index in [1.165, 1.54) is 18.5 Å². The quantitative estimate of drug-likeness (QED) is 0.884. The van der Waals surface area contributed by atoms with Crippen LogP contribution in [0.1, 0.15) is 31.9 Å². The number of para-hydroxylation sites is 1. The Balaban J connectivity index is 1.69. The molecular formula is C16H24N2O. The molecule has 2 aliphatic rings. The van der Waals surface area contributed by atoms with Gasteiger partial charge in [0.2, 0.25) is 0 Å². The molecule has 19 heavy (non-hydrogen) atoms. The van der Waals surface area contributed by atoms with Gasteiger partial charge in [0, 0.05) is 24.2 Å². The van der Waals surface area contributed by atoms with Crippen molar-refractivity contribution in [3.8, 4) is 5.75 Å². The van der Waals surface area contributed by atoms with E-state index in [9.17, 15) is 0 Å². The number of nitrogens with zero attached hydrogens (tertiary/aromatic N) is 1. The van der Waals surface area contributed by atoms with Gasteiger partial charge in [0.05, 0.1) is 6.04 Å². The van der Waals surface area contributed by atoms with E-state index in [2.05, 4.69) is 49.3 Å². The van der Waals surface area contributed by atoms with Crippen LogP contribution in [0.3, 0.4) is 0 Å². The standard InChI is InChI=1S/C16H24N2O/c1-11-9-18(3)12(2)8-14(11)17-15-10-19-16-7-5-4-6-13(15)16/h4-7,11-12,14-15,17H,8-10H2,1-3H3. The lowest BCUT2D eigenvalue weighted by molar-refractivity contribution is 0.113. The molecule has 0 aromatic heterocycles. The highest BCUT2D eigenvalue weighted by Crippen LogP contribution is 2.33. The van der Waals surface area contributed by atoms with Gasteiger partial charge in [0.15, 0.2) is 0 Å². The maximum Gasteiger partial charge on any atom is 0.124 e. The Labute approximate surface area is 115 Å². The fourth-order valence-corrected chi connectivity index (χ4v) is 3.33. The number of piperidine rings is 1. The summed E-state index contributed by atoms with van der Waals surface area (Å²) in [6, 6.07) is 10.0. The predicted molar refractivity (Wildman–Crippen MR) is 77.5 cm³/mol. The Kier molecular flexibility index (Phi) is 3.50. The molecule has 2 aliphatic heterocycles. The van der Waals surface area contributed by atoms with E-state index < -0.39 is 0 Å². The number of fused-ring (bicyclic) bond motifs is 1. The zero-order valence-corrected chi connectivity index (χ0v) is 12.1. The number of hydrogen-bond acceptors (Lipinski definition) is 3. The average Bonchev–Trinajstić information content (AvgIpc) is 2.80. The van der Waals surface area contributed by atoms with Gasteiger partial charge in [-0.05, 0) is 32.4 Å². The number of ether oxygens (including phenoxy) is 1. The van der Waals surface area contributed by atoms with E-state index in [1.807, 2.05) is 6.07 Å². The molecule has 1 aromatic rings. The minimum atomic E-state index is 0.360. The molecule has 0 amide bonds. The van der Waals surface area contributed by atoms with Crippen molar-refractivity contribution in [2.75, 3.05) is 20.2 Å². The SMILES string of the molecule is CC1CN(C)C(C)CC1NC1COc2ccccc21. The molecule has 0 spiro atoms. The van der Waals surface area contributed by atoms with Crippen LogP contribution in [0.4, 0.5) is 0 Å². The van der Waals surface area contributed by atoms with Gasteiger partial charge in [0.1, 0.15) is 12.4 Å².